The second-order valence-corrected chi connectivity index (χ2v) is 2.96. The van der Waals surface area contributed by atoms with Gasteiger partial charge in [0, 0.05) is 6.20 Å². The van der Waals surface area contributed by atoms with Gasteiger partial charge >= 0.3 is 12.3 Å². The molecule has 0 aromatic carbocycles. The van der Waals surface area contributed by atoms with Crippen molar-refractivity contribution in [3.05, 3.63) is 28.7 Å². The Bertz CT molecular complexity index is 402. The zero-order valence-electron chi connectivity index (χ0n) is 7.46. The van der Waals surface area contributed by atoms with E-state index in [0.29, 0.717) is 4.57 Å². The fourth-order valence-electron chi connectivity index (χ4n) is 0.976. The maximum absolute atomic E-state index is 12.6. The Morgan fingerprint density at radius 2 is 2.07 bits per heavy atom. The fourth-order valence-corrected chi connectivity index (χ4v) is 0.976. The first-order chi connectivity index (χ1) is 6.84. The smallest absolute Gasteiger partial charge is 0.324 e. The lowest BCUT2D eigenvalue weighted by molar-refractivity contribution is -0.138. The minimum Gasteiger partial charge on any atom is -0.394 e. The summed E-state index contributed by atoms with van der Waals surface area (Å²) in [4.78, 5) is 11.1. The van der Waals surface area contributed by atoms with Gasteiger partial charge in [-0.1, -0.05) is 0 Å². The van der Waals surface area contributed by atoms with Crippen LogP contribution in [0, 0.1) is 0 Å². The molecule has 1 heterocycles. The summed E-state index contributed by atoms with van der Waals surface area (Å²) in [6, 6.07) is 2.44. The number of pyridine rings is 1. The third-order valence-corrected chi connectivity index (χ3v) is 1.75. The molecule has 0 saturated carbocycles. The van der Waals surface area contributed by atoms with E-state index >= 15 is 0 Å². The molecule has 15 heavy (non-hydrogen) atoms. The number of nitrogen functional groups attached to an aromatic ring is 1. The highest BCUT2D eigenvalue weighted by atomic mass is 19.3. The molecule has 0 bridgehead atoms. The quantitative estimate of drug-likeness (QED) is 0.787. The molecule has 0 saturated heterocycles. The van der Waals surface area contributed by atoms with Crippen molar-refractivity contribution in [2.45, 2.75) is 18.9 Å². The average Bonchev–Trinajstić information content (AvgIpc) is 2.12. The predicted molar refractivity (Wildman–Crippen MR) is 46.1 cm³/mol. The third kappa shape index (κ3) is 2.48. The van der Waals surface area contributed by atoms with Crippen LogP contribution in [-0.2, 0) is 6.54 Å². The van der Waals surface area contributed by atoms with Gasteiger partial charge in [0.15, 0.2) is 0 Å². The van der Waals surface area contributed by atoms with Crippen LogP contribution in [-0.4, -0.2) is 16.9 Å². The zero-order valence-corrected chi connectivity index (χ0v) is 7.46. The van der Waals surface area contributed by atoms with Gasteiger partial charge in [-0.25, -0.2) is 8.78 Å². The minimum atomic E-state index is -4.24. The van der Waals surface area contributed by atoms with Crippen molar-refractivity contribution in [1.29, 1.82) is 0 Å². The molecule has 0 aliphatic rings. The Morgan fingerprint density at radius 1 is 1.47 bits per heavy atom. The van der Waals surface area contributed by atoms with Crippen LogP contribution >= 0.6 is 0 Å². The number of rotatable bonds is 3. The van der Waals surface area contributed by atoms with Crippen molar-refractivity contribution in [3.8, 4) is 0 Å². The third-order valence-electron chi connectivity index (χ3n) is 1.75. The van der Waals surface area contributed by atoms with E-state index in [2.05, 4.69) is 0 Å². The van der Waals surface area contributed by atoms with Crippen LogP contribution in [0.15, 0.2) is 23.1 Å². The van der Waals surface area contributed by atoms with E-state index in [4.69, 9.17) is 5.73 Å². The Balaban J connectivity index is 3.00. The molecule has 2 N–H and O–H groups in total. The highest BCUT2D eigenvalue weighted by Crippen LogP contribution is 2.24. The second-order valence-electron chi connectivity index (χ2n) is 2.96. The monoisotopic (exact) mass is 224 g/mol. The van der Waals surface area contributed by atoms with Gasteiger partial charge in [0.1, 0.15) is 0 Å². The number of hydrogen-bond donors (Lipinski definition) is 1. The first kappa shape index (κ1) is 11.5. The first-order valence-corrected chi connectivity index (χ1v) is 3.95. The van der Waals surface area contributed by atoms with Crippen LogP contribution in [0.2, 0.25) is 0 Å². The van der Waals surface area contributed by atoms with Crippen LogP contribution in [0.3, 0.4) is 0 Å². The summed E-state index contributed by atoms with van der Waals surface area (Å²) in [6.07, 6.45) is -2.83. The SMILES string of the molecule is Nc1cccn(CC(F)(F)C(F)F)c1=O. The second kappa shape index (κ2) is 3.92. The zero-order chi connectivity index (χ0) is 11.6. The predicted octanol–water partition coefficient (Wildman–Crippen LogP) is 1.33. The molecule has 84 valence electrons. The van der Waals surface area contributed by atoms with Crippen molar-refractivity contribution in [2.24, 2.45) is 0 Å². The lowest BCUT2D eigenvalue weighted by Gasteiger charge is -2.16. The molecule has 1 aromatic heterocycles. The molecule has 0 amide bonds. The summed E-state index contributed by atoms with van der Waals surface area (Å²) in [5.41, 5.74) is 3.98. The molecule has 0 aliphatic heterocycles. The molecule has 7 heteroatoms. The van der Waals surface area contributed by atoms with Gasteiger partial charge in [-0.3, -0.25) is 4.79 Å². The molecule has 0 unspecified atom stereocenters. The minimum absolute atomic E-state index is 0.262. The summed E-state index contributed by atoms with van der Waals surface area (Å²) in [6.45, 7) is -1.38. The molecule has 0 fully saturated rings. The molecular weight excluding hydrogens is 216 g/mol. The van der Waals surface area contributed by atoms with Gasteiger partial charge in [-0.05, 0) is 12.1 Å². The Morgan fingerprint density at radius 3 is 2.60 bits per heavy atom. The largest absolute Gasteiger partial charge is 0.394 e. The van der Waals surface area contributed by atoms with Crippen molar-refractivity contribution in [2.75, 3.05) is 5.73 Å². The highest BCUT2D eigenvalue weighted by Gasteiger charge is 2.41. The van der Waals surface area contributed by atoms with Crippen molar-refractivity contribution in [1.82, 2.24) is 4.57 Å². The summed E-state index contributed by atoms with van der Waals surface area (Å²) in [5, 5.41) is 0. The number of nitrogens with two attached hydrogens (primary N) is 1. The summed E-state index contributed by atoms with van der Waals surface area (Å²) in [7, 11) is 0. The number of alkyl halides is 4. The van der Waals surface area contributed by atoms with E-state index in [-0.39, 0.29) is 5.69 Å². The standard InChI is InChI=1S/C8H8F4N2O/c9-7(10)8(11,12)4-14-3-1-2-5(13)6(14)15/h1-3,7H,4,13H2. The Hall–Kier alpha value is -1.53. The van der Waals surface area contributed by atoms with E-state index in [9.17, 15) is 22.4 Å². The molecule has 3 nitrogen and oxygen atoms in total. The molecule has 0 aliphatic carbocycles. The molecule has 1 rings (SSSR count). The molecule has 1 aromatic rings. The van der Waals surface area contributed by atoms with E-state index in [1.54, 1.807) is 0 Å². The number of anilines is 1. The highest BCUT2D eigenvalue weighted by molar-refractivity contribution is 5.33. The fraction of sp³-hybridized carbons (Fsp3) is 0.375. The number of aromatic nitrogens is 1. The molecular formula is C8H8F4N2O. The maximum Gasteiger partial charge on any atom is 0.324 e. The van der Waals surface area contributed by atoms with Gasteiger partial charge in [0.2, 0.25) is 0 Å². The normalized spacial score (nSPS) is 12.1. The van der Waals surface area contributed by atoms with Gasteiger partial charge in [0.05, 0.1) is 12.2 Å². The van der Waals surface area contributed by atoms with Gasteiger partial charge < -0.3 is 10.3 Å². The van der Waals surface area contributed by atoms with Crippen molar-refractivity contribution < 1.29 is 17.6 Å². The first-order valence-electron chi connectivity index (χ1n) is 3.95. The summed E-state index contributed by atoms with van der Waals surface area (Å²) in [5.74, 6) is -4.24. The van der Waals surface area contributed by atoms with Gasteiger partial charge in [-0.2, -0.15) is 8.78 Å². The molecule has 0 radical (unpaired) electrons. The number of hydrogen-bond acceptors (Lipinski definition) is 2. The van der Waals surface area contributed by atoms with Gasteiger partial charge in [0.25, 0.3) is 5.56 Å². The number of nitrogens with zero attached hydrogens (tertiary/aromatic N) is 1. The average molecular weight is 224 g/mol. The van der Waals surface area contributed by atoms with E-state index < -0.39 is 24.5 Å². The summed E-state index contributed by atoms with van der Waals surface area (Å²) < 4.78 is 49.3. The summed E-state index contributed by atoms with van der Waals surface area (Å²) >= 11 is 0. The van der Waals surface area contributed by atoms with Crippen LogP contribution in [0.1, 0.15) is 0 Å². The van der Waals surface area contributed by atoms with E-state index in [0.717, 1.165) is 6.20 Å². The van der Waals surface area contributed by atoms with Gasteiger partial charge in [-0.15, -0.1) is 0 Å². The van der Waals surface area contributed by atoms with Crippen LogP contribution in [0.25, 0.3) is 0 Å². The lowest BCUT2D eigenvalue weighted by atomic mass is 10.3. The van der Waals surface area contributed by atoms with Crippen molar-refractivity contribution in [3.63, 3.8) is 0 Å². The molecule has 0 spiro atoms. The maximum atomic E-state index is 12.6. The van der Waals surface area contributed by atoms with E-state index in [1.165, 1.54) is 12.1 Å². The van der Waals surface area contributed by atoms with Crippen LogP contribution in [0.4, 0.5) is 23.2 Å². The van der Waals surface area contributed by atoms with E-state index in [1.807, 2.05) is 0 Å². The topological polar surface area (TPSA) is 48.0 Å². The Labute approximate surface area is 82.1 Å². The van der Waals surface area contributed by atoms with Crippen LogP contribution in [0.5, 0.6) is 0 Å². The Kier molecular flexibility index (Phi) is 3.01. The lowest BCUT2D eigenvalue weighted by Crippen LogP contribution is -2.36. The number of halogens is 4. The van der Waals surface area contributed by atoms with Crippen molar-refractivity contribution >= 4 is 5.69 Å². The van der Waals surface area contributed by atoms with Crippen LogP contribution < -0.4 is 11.3 Å². The molecule has 0 atom stereocenters.